The molecule has 0 unspecified atom stereocenters. The summed E-state index contributed by atoms with van der Waals surface area (Å²) in [6.07, 6.45) is 3.63. The van der Waals surface area contributed by atoms with Crippen molar-refractivity contribution in [3.63, 3.8) is 0 Å². The molecule has 8 heteroatoms. The van der Waals surface area contributed by atoms with Gasteiger partial charge in [0.05, 0.1) is 17.0 Å². The summed E-state index contributed by atoms with van der Waals surface area (Å²) >= 11 is 1.57. The first-order valence-electron chi connectivity index (χ1n) is 6.74. The summed E-state index contributed by atoms with van der Waals surface area (Å²) in [6.45, 7) is 1.49. The molecule has 2 aromatic rings. The number of rotatable bonds is 3. The zero-order valence-corrected chi connectivity index (χ0v) is 14.4. The molecule has 1 saturated heterocycles. The van der Waals surface area contributed by atoms with Crippen LogP contribution in [0, 0.1) is 0 Å². The summed E-state index contributed by atoms with van der Waals surface area (Å²) in [7, 11) is 0. The minimum Gasteiger partial charge on any atom is -0.444 e. The molecule has 1 amide bonds. The molecule has 2 aromatic heterocycles. The van der Waals surface area contributed by atoms with Gasteiger partial charge in [-0.25, -0.2) is 4.98 Å². The molecule has 0 saturated carbocycles. The van der Waals surface area contributed by atoms with Crippen LogP contribution in [0.25, 0.3) is 10.8 Å². The minimum absolute atomic E-state index is 0. The number of halogens is 2. The Labute approximate surface area is 145 Å². The summed E-state index contributed by atoms with van der Waals surface area (Å²) in [5.41, 5.74) is 6.53. The van der Waals surface area contributed by atoms with Crippen molar-refractivity contribution in [1.29, 1.82) is 0 Å². The van der Waals surface area contributed by atoms with Gasteiger partial charge in [0.1, 0.15) is 6.26 Å². The molecule has 0 atom stereocenters. The maximum absolute atomic E-state index is 12.2. The van der Waals surface area contributed by atoms with Gasteiger partial charge in [0.15, 0.2) is 0 Å². The zero-order valence-electron chi connectivity index (χ0n) is 11.9. The van der Waals surface area contributed by atoms with Crippen molar-refractivity contribution >= 4 is 42.1 Å². The monoisotopic (exact) mass is 363 g/mol. The number of likely N-dealkylation sites (tertiary alicyclic amines) is 1. The van der Waals surface area contributed by atoms with Crippen molar-refractivity contribution in [3.8, 4) is 10.8 Å². The van der Waals surface area contributed by atoms with Gasteiger partial charge in [-0.15, -0.1) is 36.2 Å². The van der Waals surface area contributed by atoms with Crippen molar-refractivity contribution in [3.05, 3.63) is 29.5 Å². The maximum Gasteiger partial charge on any atom is 0.236 e. The van der Waals surface area contributed by atoms with E-state index >= 15 is 0 Å². The van der Waals surface area contributed by atoms with E-state index in [-0.39, 0.29) is 36.8 Å². The van der Waals surface area contributed by atoms with Gasteiger partial charge in [-0.2, -0.15) is 0 Å². The highest BCUT2D eigenvalue weighted by Crippen LogP contribution is 2.24. The molecule has 0 bridgehead atoms. The normalized spacial score (nSPS) is 15.0. The fraction of sp³-hybridized carbons (Fsp3) is 0.429. The zero-order chi connectivity index (χ0) is 13.9. The Morgan fingerprint density at radius 1 is 1.41 bits per heavy atom. The topological polar surface area (TPSA) is 72.4 Å². The number of thiophene rings is 1. The van der Waals surface area contributed by atoms with Gasteiger partial charge in [-0.05, 0) is 24.3 Å². The van der Waals surface area contributed by atoms with E-state index in [1.807, 2.05) is 22.4 Å². The van der Waals surface area contributed by atoms with Gasteiger partial charge in [-0.3, -0.25) is 4.79 Å². The van der Waals surface area contributed by atoms with Crippen LogP contribution in [0.5, 0.6) is 0 Å². The van der Waals surface area contributed by atoms with E-state index in [0.29, 0.717) is 18.0 Å². The Kier molecular flexibility index (Phi) is 7.35. The summed E-state index contributed by atoms with van der Waals surface area (Å²) in [4.78, 5) is 19.4. The predicted octanol–water partition coefficient (Wildman–Crippen LogP) is 2.74. The van der Waals surface area contributed by atoms with E-state index in [0.717, 1.165) is 30.8 Å². The number of carbonyl (C=O) groups excluding carboxylic acids is 1. The Balaban J connectivity index is 0.00000121. The summed E-state index contributed by atoms with van der Waals surface area (Å²) < 4.78 is 5.42. The average molecular weight is 364 g/mol. The van der Waals surface area contributed by atoms with Crippen molar-refractivity contribution in [2.75, 3.05) is 13.1 Å². The van der Waals surface area contributed by atoms with E-state index in [1.54, 1.807) is 17.6 Å². The molecule has 0 aliphatic carbocycles. The molecule has 0 aromatic carbocycles. The SMILES string of the molecule is Cl.Cl.NC1CCN(C(=O)Cc2coc(-c3cccs3)n2)CC1. The maximum atomic E-state index is 12.2. The van der Waals surface area contributed by atoms with Crippen LogP contribution in [0.4, 0.5) is 0 Å². The van der Waals surface area contributed by atoms with E-state index in [2.05, 4.69) is 4.98 Å². The minimum atomic E-state index is 0. The molecule has 1 fully saturated rings. The largest absolute Gasteiger partial charge is 0.444 e. The molecular weight excluding hydrogens is 345 g/mol. The summed E-state index contributed by atoms with van der Waals surface area (Å²) in [5.74, 6) is 0.686. The molecular formula is C14H19Cl2N3O2S. The van der Waals surface area contributed by atoms with Crippen LogP contribution in [0.2, 0.25) is 0 Å². The predicted molar refractivity (Wildman–Crippen MR) is 91.8 cm³/mol. The lowest BCUT2D eigenvalue weighted by Gasteiger charge is -2.30. The van der Waals surface area contributed by atoms with Crippen molar-refractivity contribution in [2.24, 2.45) is 5.73 Å². The fourth-order valence-corrected chi connectivity index (χ4v) is 2.97. The smallest absolute Gasteiger partial charge is 0.236 e. The first kappa shape index (κ1) is 19.0. The second-order valence-electron chi connectivity index (χ2n) is 5.02. The lowest BCUT2D eigenvalue weighted by Crippen LogP contribution is -2.43. The van der Waals surface area contributed by atoms with Crippen LogP contribution in [-0.4, -0.2) is 34.9 Å². The molecule has 122 valence electrons. The highest BCUT2D eigenvalue weighted by atomic mass is 35.5. The summed E-state index contributed by atoms with van der Waals surface area (Å²) in [5, 5.41) is 1.97. The molecule has 3 heterocycles. The number of carbonyl (C=O) groups is 1. The lowest BCUT2D eigenvalue weighted by atomic mass is 10.1. The van der Waals surface area contributed by atoms with E-state index in [4.69, 9.17) is 10.2 Å². The molecule has 5 nitrogen and oxygen atoms in total. The Hall–Kier alpha value is -1.08. The molecule has 0 radical (unpaired) electrons. The third-order valence-electron chi connectivity index (χ3n) is 3.51. The van der Waals surface area contributed by atoms with Gasteiger partial charge >= 0.3 is 0 Å². The second kappa shape index (κ2) is 8.53. The number of amides is 1. The third kappa shape index (κ3) is 4.46. The first-order valence-corrected chi connectivity index (χ1v) is 7.62. The van der Waals surface area contributed by atoms with Gasteiger partial charge in [0, 0.05) is 19.1 Å². The fourth-order valence-electron chi connectivity index (χ4n) is 2.32. The molecule has 3 rings (SSSR count). The van der Waals surface area contributed by atoms with Crippen molar-refractivity contribution < 1.29 is 9.21 Å². The van der Waals surface area contributed by atoms with Gasteiger partial charge in [0.25, 0.3) is 0 Å². The van der Waals surface area contributed by atoms with Crippen LogP contribution < -0.4 is 5.73 Å². The third-order valence-corrected chi connectivity index (χ3v) is 4.37. The van der Waals surface area contributed by atoms with Gasteiger partial charge in [0.2, 0.25) is 11.8 Å². The van der Waals surface area contributed by atoms with Crippen molar-refractivity contribution in [1.82, 2.24) is 9.88 Å². The van der Waals surface area contributed by atoms with Gasteiger partial charge < -0.3 is 15.1 Å². The molecule has 0 spiro atoms. The number of aromatic nitrogens is 1. The number of nitrogens with two attached hydrogens (primary N) is 1. The number of oxazole rings is 1. The highest BCUT2D eigenvalue weighted by molar-refractivity contribution is 7.13. The Bertz CT molecular complexity index is 581. The molecule has 22 heavy (non-hydrogen) atoms. The van der Waals surface area contributed by atoms with Crippen LogP contribution in [0.15, 0.2) is 28.2 Å². The molecule has 1 aliphatic rings. The first-order chi connectivity index (χ1) is 9.72. The second-order valence-corrected chi connectivity index (χ2v) is 5.96. The van der Waals surface area contributed by atoms with Gasteiger partial charge in [-0.1, -0.05) is 6.07 Å². The number of hydrogen-bond donors (Lipinski definition) is 1. The van der Waals surface area contributed by atoms with E-state index < -0.39 is 0 Å². The highest BCUT2D eigenvalue weighted by Gasteiger charge is 2.21. The number of hydrogen-bond acceptors (Lipinski definition) is 5. The number of piperidine rings is 1. The van der Waals surface area contributed by atoms with Crippen LogP contribution in [0.3, 0.4) is 0 Å². The average Bonchev–Trinajstić information content (AvgIpc) is 3.09. The van der Waals surface area contributed by atoms with Crippen LogP contribution in [-0.2, 0) is 11.2 Å². The Morgan fingerprint density at radius 3 is 2.77 bits per heavy atom. The lowest BCUT2D eigenvalue weighted by molar-refractivity contribution is -0.131. The van der Waals surface area contributed by atoms with Crippen LogP contribution >= 0.6 is 36.2 Å². The Morgan fingerprint density at radius 2 is 2.14 bits per heavy atom. The standard InChI is InChI=1S/C14H17N3O2S.2ClH/c15-10-3-5-17(6-4-10)13(18)8-11-9-19-14(16-11)12-2-1-7-20-12;;/h1-2,7,9-10H,3-6,8,15H2;2*1H. The number of nitrogens with zero attached hydrogens (tertiary/aromatic N) is 2. The van der Waals surface area contributed by atoms with E-state index in [1.165, 1.54) is 0 Å². The van der Waals surface area contributed by atoms with Crippen molar-refractivity contribution in [2.45, 2.75) is 25.3 Å². The van der Waals surface area contributed by atoms with E-state index in [9.17, 15) is 4.79 Å². The quantitative estimate of drug-likeness (QED) is 0.909. The van der Waals surface area contributed by atoms with Crippen LogP contribution in [0.1, 0.15) is 18.5 Å². The molecule has 1 aliphatic heterocycles. The molecule has 2 N–H and O–H groups in total. The summed E-state index contributed by atoms with van der Waals surface area (Å²) in [6, 6.07) is 4.14.